The lowest BCUT2D eigenvalue weighted by Gasteiger charge is -2.00. The van der Waals surface area contributed by atoms with Crippen LogP contribution in [0.4, 0.5) is 11.6 Å². The van der Waals surface area contributed by atoms with Crippen LogP contribution in [0.3, 0.4) is 0 Å². The van der Waals surface area contributed by atoms with Gasteiger partial charge in [0.05, 0.1) is 5.69 Å². The molecule has 0 amide bonds. The molecule has 0 saturated heterocycles. The maximum atomic E-state index is 12.0. The predicted octanol–water partition coefficient (Wildman–Crippen LogP) is 2.03. The Morgan fingerprint density at radius 2 is 1.95 bits per heavy atom. The van der Waals surface area contributed by atoms with Crippen molar-refractivity contribution >= 4 is 34.4 Å². The van der Waals surface area contributed by atoms with Crippen molar-refractivity contribution in [3.63, 3.8) is 0 Å². The average Bonchev–Trinajstić information content (AvgIpc) is 2.93. The molecule has 0 aliphatic heterocycles. The minimum absolute atomic E-state index is 0.133. The molecule has 0 aliphatic carbocycles. The SMILES string of the molecule is Cn1c(=O)c2[nH]c(N=Nc3cccc(Cl)c3)nc2n(C)c1=O. The van der Waals surface area contributed by atoms with Crippen molar-refractivity contribution in [1.29, 1.82) is 0 Å². The fourth-order valence-electron chi connectivity index (χ4n) is 2.00. The van der Waals surface area contributed by atoms with E-state index >= 15 is 0 Å². The van der Waals surface area contributed by atoms with Crippen molar-refractivity contribution in [1.82, 2.24) is 19.1 Å². The Morgan fingerprint density at radius 1 is 1.18 bits per heavy atom. The third kappa shape index (κ3) is 2.33. The smallest absolute Gasteiger partial charge is 0.315 e. The van der Waals surface area contributed by atoms with Crippen LogP contribution in [0.15, 0.2) is 44.1 Å². The molecule has 0 bridgehead atoms. The fraction of sp³-hybridized carbons (Fsp3) is 0.154. The highest BCUT2D eigenvalue weighted by molar-refractivity contribution is 6.30. The molecule has 1 aromatic carbocycles. The Kier molecular flexibility index (Phi) is 3.38. The second-order valence-corrected chi connectivity index (χ2v) is 5.08. The van der Waals surface area contributed by atoms with Crippen LogP contribution in [-0.4, -0.2) is 19.1 Å². The van der Waals surface area contributed by atoms with Gasteiger partial charge in [-0.15, -0.1) is 10.2 Å². The molecule has 112 valence electrons. The zero-order chi connectivity index (χ0) is 15.9. The predicted molar refractivity (Wildman–Crippen MR) is 82.2 cm³/mol. The van der Waals surface area contributed by atoms with Crippen molar-refractivity contribution in [2.75, 3.05) is 0 Å². The van der Waals surface area contributed by atoms with Crippen LogP contribution in [0.2, 0.25) is 5.02 Å². The lowest BCUT2D eigenvalue weighted by molar-refractivity contribution is 0.709. The quantitative estimate of drug-likeness (QED) is 0.732. The summed E-state index contributed by atoms with van der Waals surface area (Å²) in [7, 11) is 2.93. The topological polar surface area (TPSA) is 97.4 Å². The molecule has 3 rings (SSSR count). The zero-order valence-electron chi connectivity index (χ0n) is 11.7. The van der Waals surface area contributed by atoms with E-state index in [2.05, 4.69) is 20.2 Å². The van der Waals surface area contributed by atoms with Gasteiger partial charge in [-0.2, -0.15) is 4.98 Å². The van der Waals surface area contributed by atoms with Crippen molar-refractivity contribution in [3.05, 3.63) is 50.1 Å². The van der Waals surface area contributed by atoms with Gasteiger partial charge < -0.3 is 4.98 Å². The maximum Gasteiger partial charge on any atom is 0.332 e. The van der Waals surface area contributed by atoms with Gasteiger partial charge in [0.2, 0.25) is 5.95 Å². The molecule has 0 radical (unpaired) electrons. The first kappa shape index (κ1) is 14.2. The summed E-state index contributed by atoms with van der Waals surface area (Å²) in [6.45, 7) is 0. The third-order valence-corrected chi connectivity index (χ3v) is 3.39. The first-order chi connectivity index (χ1) is 10.5. The molecular weight excluding hydrogens is 308 g/mol. The van der Waals surface area contributed by atoms with Gasteiger partial charge >= 0.3 is 5.69 Å². The van der Waals surface area contributed by atoms with E-state index in [0.29, 0.717) is 10.7 Å². The summed E-state index contributed by atoms with van der Waals surface area (Å²) < 4.78 is 2.27. The minimum atomic E-state index is -0.463. The number of rotatable bonds is 2. The van der Waals surface area contributed by atoms with Gasteiger partial charge in [-0.3, -0.25) is 13.9 Å². The number of nitrogens with one attached hydrogen (secondary N) is 1. The normalized spacial score (nSPS) is 11.6. The van der Waals surface area contributed by atoms with E-state index in [4.69, 9.17) is 11.6 Å². The molecule has 0 saturated carbocycles. The number of aromatic nitrogens is 4. The van der Waals surface area contributed by atoms with Crippen LogP contribution >= 0.6 is 11.6 Å². The van der Waals surface area contributed by atoms with Crippen LogP contribution in [-0.2, 0) is 14.1 Å². The number of fused-ring (bicyclic) bond motifs is 1. The number of azo groups is 1. The lowest BCUT2D eigenvalue weighted by atomic mass is 10.3. The number of hydrogen-bond acceptors (Lipinski definition) is 5. The average molecular weight is 319 g/mol. The third-order valence-electron chi connectivity index (χ3n) is 3.15. The van der Waals surface area contributed by atoms with Gasteiger partial charge in [-0.25, -0.2) is 4.79 Å². The number of nitrogens with zero attached hydrogens (tertiary/aromatic N) is 5. The number of H-pyrrole nitrogens is 1. The number of halogens is 1. The molecule has 22 heavy (non-hydrogen) atoms. The standard InChI is InChI=1S/C13H11ClN6O2/c1-19-10-9(11(21)20(2)13(19)22)15-12(16-10)18-17-8-5-3-4-7(14)6-8/h3-6H,1-2H3,(H,15,16). The van der Waals surface area contributed by atoms with Crippen molar-refractivity contribution in [2.24, 2.45) is 24.3 Å². The number of aromatic amines is 1. The fourth-order valence-corrected chi connectivity index (χ4v) is 2.19. The molecule has 0 atom stereocenters. The second kappa shape index (κ2) is 5.23. The van der Waals surface area contributed by atoms with Crippen LogP contribution in [0.5, 0.6) is 0 Å². The minimum Gasteiger partial charge on any atom is -0.315 e. The first-order valence-electron chi connectivity index (χ1n) is 6.30. The monoisotopic (exact) mass is 318 g/mol. The Morgan fingerprint density at radius 3 is 2.68 bits per heavy atom. The Hall–Kier alpha value is -2.74. The molecule has 1 N–H and O–H groups in total. The largest absolute Gasteiger partial charge is 0.332 e. The van der Waals surface area contributed by atoms with Gasteiger partial charge in [-0.1, -0.05) is 17.7 Å². The summed E-state index contributed by atoms with van der Waals surface area (Å²) in [6.07, 6.45) is 0. The molecule has 8 nitrogen and oxygen atoms in total. The van der Waals surface area contributed by atoms with Crippen molar-refractivity contribution in [3.8, 4) is 0 Å². The summed E-state index contributed by atoms with van der Waals surface area (Å²) in [4.78, 5) is 30.7. The molecule has 0 aliphatic rings. The van der Waals surface area contributed by atoms with E-state index in [1.54, 1.807) is 24.3 Å². The molecular formula is C13H11ClN6O2. The maximum absolute atomic E-state index is 12.0. The van der Waals surface area contributed by atoms with E-state index in [1.807, 2.05) is 0 Å². The van der Waals surface area contributed by atoms with Crippen molar-refractivity contribution in [2.45, 2.75) is 0 Å². The summed E-state index contributed by atoms with van der Waals surface area (Å²) in [5.74, 6) is 0.133. The van der Waals surface area contributed by atoms with E-state index in [1.165, 1.54) is 18.7 Å². The molecule has 0 unspecified atom stereocenters. The van der Waals surface area contributed by atoms with Crippen LogP contribution < -0.4 is 11.2 Å². The molecule has 2 heterocycles. The molecule has 3 aromatic rings. The van der Waals surface area contributed by atoms with Gasteiger partial charge in [0.15, 0.2) is 11.2 Å². The summed E-state index contributed by atoms with van der Waals surface area (Å²) in [6, 6.07) is 6.84. The number of imidazole rings is 1. The van der Waals surface area contributed by atoms with Gasteiger partial charge in [-0.05, 0) is 18.2 Å². The van der Waals surface area contributed by atoms with Crippen LogP contribution in [0.25, 0.3) is 11.2 Å². The second-order valence-electron chi connectivity index (χ2n) is 4.64. The lowest BCUT2D eigenvalue weighted by Crippen LogP contribution is -2.36. The van der Waals surface area contributed by atoms with Crippen LogP contribution in [0.1, 0.15) is 0 Å². The van der Waals surface area contributed by atoms with E-state index in [9.17, 15) is 9.59 Å². The van der Waals surface area contributed by atoms with Crippen molar-refractivity contribution < 1.29 is 0 Å². The molecule has 0 spiro atoms. The molecule has 0 fully saturated rings. The molecule has 2 aromatic heterocycles. The number of aryl methyl sites for hydroxylation is 1. The van der Waals surface area contributed by atoms with Crippen LogP contribution in [0, 0.1) is 0 Å². The summed E-state index contributed by atoms with van der Waals surface area (Å²) in [5.41, 5.74) is 0.0599. The van der Waals surface area contributed by atoms with E-state index < -0.39 is 11.2 Å². The Labute approximate surface area is 128 Å². The van der Waals surface area contributed by atoms with E-state index in [0.717, 1.165) is 4.57 Å². The highest BCUT2D eigenvalue weighted by atomic mass is 35.5. The summed E-state index contributed by atoms with van der Waals surface area (Å²) in [5, 5.41) is 8.46. The van der Waals surface area contributed by atoms with Gasteiger partial charge in [0.25, 0.3) is 5.56 Å². The summed E-state index contributed by atoms with van der Waals surface area (Å²) >= 11 is 5.86. The Balaban J connectivity index is 2.10. The first-order valence-corrected chi connectivity index (χ1v) is 6.68. The Bertz CT molecular complexity index is 1010. The van der Waals surface area contributed by atoms with Gasteiger partial charge in [0.1, 0.15) is 0 Å². The highest BCUT2D eigenvalue weighted by Crippen LogP contribution is 2.20. The molecule has 9 heteroatoms. The van der Waals surface area contributed by atoms with E-state index in [-0.39, 0.29) is 17.1 Å². The number of benzene rings is 1. The van der Waals surface area contributed by atoms with Gasteiger partial charge in [0, 0.05) is 19.1 Å². The highest BCUT2D eigenvalue weighted by Gasteiger charge is 2.12. The zero-order valence-corrected chi connectivity index (χ0v) is 12.5. The number of hydrogen-bond donors (Lipinski definition) is 1.